The fourth-order valence-corrected chi connectivity index (χ4v) is 1.76. The molecule has 0 aliphatic heterocycles. The van der Waals surface area contributed by atoms with Crippen molar-refractivity contribution in [3.8, 4) is 0 Å². The van der Waals surface area contributed by atoms with E-state index in [2.05, 4.69) is 5.32 Å². The number of halogens is 1. The summed E-state index contributed by atoms with van der Waals surface area (Å²) in [5.74, 6) is -0.594. The van der Waals surface area contributed by atoms with E-state index in [9.17, 15) is 9.59 Å². The van der Waals surface area contributed by atoms with E-state index in [1.807, 2.05) is 6.92 Å². The lowest BCUT2D eigenvalue weighted by Crippen LogP contribution is -2.38. The van der Waals surface area contributed by atoms with Crippen molar-refractivity contribution in [2.45, 2.75) is 6.92 Å². The van der Waals surface area contributed by atoms with Crippen molar-refractivity contribution in [3.63, 3.8) is 0 Å². The van der Waals surface area contributed by atoms with E-state index in [1.54, 1.807) is 18.2 Å². The van der Waals surface area contributed by atoms with Crippen LogP contribution in [0, 0.1) is 0 Å². The third kappa shape index (κ3) is 3.37. The Kier molecular flexibility index (Phi) is 4.97. The van der Waals surface area contributed by atoms with E-state index in [1.165, 1.54) is 11.9 Å². The molecule has 2 amide bonds. The molecule has 0 atom stereocenters. The molecule has 1 aromatic carbocycles. The second-order valence-corrected chi connectivity index (χ2v) is 4.23. The molecule has 98 valence electrons. The first-order valence-corrected chi connectivity index (χ1v) is 5.91. The average Bonchev–Trinajstić information content (AvgIpc) is 2.28. The highest BCUT2D eigenvalue weighted by Crippen LogP contribution is 2.23. The number of carbonyl (C=O) groups is 2. The zero-order chi connectivity index (χ0) is 13.7. The van der Waals surface area contributed by atoms with Gasteiger partial charge in [0.2, 0.25) is 5.91 Å². The number of nitrogen functional groups attached to an aromatic ring is 1. The molecule has 0 spiro atoms. The van der Waals surface area contributed by atoms with Crippen molar-refractivity contribution < 1.29 is 9.59 Å². The Bertz CT molecular complexity index is 442. The van der Waals surface area contributed by atoms with Gasteiger partial charge in [-0.3, -0.25) is 9.59 Å². The van der Waals surface area contributed by atoms with Gasteiger partial charge < -0.3 is 16.0 Å². The Labute approximate surface area is 111 Å². The first-order valence-electron chi connectivity index (χ1n) is 5.53. The lowest BCUT2D eigenvalue weighted by Gasteiger charge is -2.18. The van der Waals surface area contributed by atoms with Crippen LogP contribution in [0.5, 0.6) is 0 Å². The fraction of sp³-hybridized carbons (Fsp3) is 0.333. The molecule has 0 aliphatic carbocycles. The van der Waals surface area contributed by atoms with Gasteiger partial charge >= 0.3 is 0 Å². The summed E-state index contributed by atoms with van der Waals surface area (Å²) in [6, 6.07) is 4.85. The molecule has 0 fully saturated rings. The standard InChI is InChI=1S/C12H16ClN3O2/c1-3-15-10(17)7-16(2)12(18)11-8(13)5-4-6-9(11)14/h4-6H,3,7,14H2,1-2H3,(H,15,17). The van der Waals surface area contributed by atoms with Gasteiger partial charge in [0.25, 0.3) is 5.91 Å². The minimum atomic E-state index is -0.371. The quantitative estimate of drug-likeness (QED) is 0.805. The van der Waals surface area contributed by atoms with Crippen LogP contribution >= 0.6 is 11.6 Å². The smallest absolute Gasteiger partial charge is 0.257 e. The summed E-state index contributed by atoms with van der Waals surface area (Å²) in [7, 11) is 1.53. The Morgan fingerprint density at radius 3 is 2.67 bits per heavy atom. The third-order valence-corrected chi connectivity index (χ3v) is 2.68. The van der Waals surface area contributed by atoms with Crippen LogP contribution in [0.1, 0.15) is 17.3 Å². The van der Waals surface area contributed by atoms with Crippen molar-refractivity contribution in [1.29, 1.82) is 0 Å². The SMILES string of the molecule is CCNC(=O)CN(C)C(=O)c1c(N)cccc1Cl. The van der Waals surface area contributed by atoms with E-state index in [0.29, 0.717) is 12.2 Å². The van der Waals surface area contributed by atoms with Gasteiger partial charge in [0.05, 0.1) is 17.1 Å². The number of nitrogens with one attached hydrogen (secondary N) is 1. The molecule has 3 N–H and O–H groups in total. The Balaban J connectivity index is 2.84. The second kappa shape index (κ2) is 6.26. The number of nitrogens with zero attached hydrogens (tertiary/aromatic N) is 1. The fourth-order valence-electron chi connectivity index (χ4n) is 1.50. The maximum absolute atomic E-state index is 12.1. The maximum atomic E-state index is 12.1. The molecular weight excluding hydrogens is 254 g/mol. The number of nitrogens with two attached hydrogens (primary N) is 1. The summed E-state index contributed by atoms with van der Waals surface area (Å²) >= 11 is 5.94. The summed E-state index contributed by atoms with van der Waals surface area (Å²) in [5, 5.41) is 2.90. The number of hydrogen-bond donors (Lipinski definition) is 2. The van der Waals surface area contributed by atoms with Crippen LogP contribution in [0.15, 0.2) is 18.2 Å². The number of amides is 2. The monoisotopic (exact) mass is 269 g/mol. The van der Waals surface area contributed by atoms with Crippen LogP contribution in [0.25, 0.3) is 0 Å². The van der Waals surface area contributed by atoms with Gasteiger partial charge in [0.1, 0.15) is 0 Å². The Morgan fingerprint density at radius 1 is 1.44 bits per heavy atom. The van der Waals surface area contributed by atoms with Gasteiger partial charge in [-0.2, -0.15) is 0 Å². The molecule has 0 saturated carbocycles. The predicted molar refractivity (Wildman–Crippen MR) is 71.5 cm³/mol. The van der Waals surface area contributed by atoms with Crippen LogP contribution < -0.4 is 11.1 Å². The van der Waals surface area contributed by atoms with Gasteiger partial charge in [-0.1, -0.05) is 17.7 Å². The summed E-state index contributed by atoms with van der Waals surface area (Å²) in [4.78, 5) is 24.8. The molecule has 0 heterocycles. The number of likely N-dealkylation sites (N-methyl/N-ethyl adjacent to an activating group) is 2. The summed E-state index contributed by atoms with van der Waals surface area (Å²) in [6.07, 6.45) is 0. The highest BCUT2D eigenvalue weighted by atomic mass is 35.5. The van der Waals surface area contributed by atoms with E-state index in [0.717, 1.165) is 0 Å². The van der Waals surface area contributed by atoms with Gasteiger partial charge in [0.15, 0.2) is 0 Å². The van der Waals surface area contributed by atoms with Crippen LogP contribution in [0.2, 0.25) is 5.02 Å². The summed E-state index contributed by atoms with van der Waals surface area (Å²) in [5.41, 5.74) is 6.25. The maximum Gasteiger partial charge on any atom is 0.257 e. The molecule has 0 aliphatic rings. The molecule has 1 rings (SSSR count). The van der Waals surface area contributed by atoms with Crippen molar-refractivity contribution >= 4 is 29.1 Å². The van der Waals surface area contributed by atoms with Crippen LogP contribution in [0.4, 0.5) is 5.69 Å². The molecular formula is C12H16ClN3O2. The van der Waals surface area contributed by atoms with Gasteiger partial charge in [-0.25, -0.2) is 0 Å². The summed E-state index contributed by atoms with van der Waals surface area (Å²) in [6.45, 7) is 2.30. The number of hydrogen-bond acceptors (Lipinski definition) is 3. The largest absolute Gasteiger partial charge is 0.398 e. The molecule has 18 heavy (non-hydrogen) atoms. The van der Waals surface area contributed by atoms with Crippen molar-refractivity contribution in [2.24, 2.45) is 0 Å². The van der Waals surface area contributed by atoms with Crippen LogP contribution in [0.3, 0.4) is 0 Å². The third-order valence-electron chi connectivity index (χ3n) is 2.36. The van der Waals surface area contributed by atoms with Crippen LogP contribution in [-0.2, 0) is 4.79 Å². The number of carbonyl (C=O) groups excluding carboxylic acids is 2. The van der Waals surface area contributed by atoms with E-state index in [-0.39, 0.29) is 28.9 Å². The molecule has 0 radical (unpaired) electrons. The van der Waals surface area contributed by atoms with Gasteiger partial charge in [-0.15, -0.1) is 0 Å². The highest BCUT2D eigenvalue weighted by molar-refractivity contribution is 6.34. The molecule has 0 aromatic heterocycles. The van der Waals surface area contributed by atoms with E-state index >= 15 is 0 Å². The topological polar surface area (TPSA) is 75.4 Å². The minimum Gasteiger partial charge on any atom is -0.398 e. The molecule has 0 bridgehead atoms. The molecule has 6 heteroatoms. The van der Waals surface area contributed by atoms with Crippen molar-refractivity contribution in [3.05, 3.63) is 28.8 Å². The van der Waals surface area contributed by atoms with Crippen LogP contribution in [-0.4, -0.2) is 36.9 Å². The van der Waals surface area contributed by atoms with Crippen molar-refractivity contribution in [1.82, 2.24) is 10.2 Å². The molecule has 5 nitrogen and oxygen atoms in total. The first-order chi connectivity index (χ1) is 8.47. The first kappa shape index (κ1) is 14.3. The lowest BCUT2D eigenvalue weighted by atomic mass is 10.1. The van der Waals surface area contributed by atoms with Gasteiger partial charge in [0, 0.05) is 19.3 Å². The zero-order valence-electron chi connectivity index (χ0n) is 10.4. The average molecular weight is 270 g/mol. The second-order valence-electron chi connectivity index (χ2n) is 3.82. The molecule has 1 aromatic rings. The number of rotatable bonds is 4. The Hall–Kier alpha value is -1.75. The number of anilines is 1. The lowest BCUT2D eigenvalue weighted by molar-refractivity contribution is -0.121. The molecule has 0 unspecified atom stereocenters. The van der Waals surface area contributed by atoms with E-state index in [4.69, 9.17) is 17.3 Å². The highest BCUT2D eigenvalue weighted by Gasteiger charge is 2.19. The predicted octanol–water partition coefficient (Wildman–Crippen LogP) is 1.13. The normalized spacial score (nSPS) is 9.94. The Morgan fingerprint density at radius 2 is 2.11 bits per heavy atom. The zero-order valence-corrected chi connectivity index (χ0v) is 11.1. The molecule has 0 saturated heterocycles. The number of benzene rings is 1. The van der Waals surface area contributed by atoms with Crippen molar-refractivity contribution in [2.75, 3.05) is 25.9 Å². The summed E-state index contributed by atoms with van der Waals surface area (Å²) < 4.78 is 0. The van der Waals surface area contributed by atoms with E-state index < -0.39 is 0 Å². The van der Waals surface area contributed by atoms with Gasteiger partial charge in [-0.05, 0) is 19.1 Å². The minimum absolute atomic E-state index is 0.0304.